The maximum absolute atomic E-state index is 12.1. The van der Waals surface area contributed by atoms with Gasteiger partial charge in [-0.3, -0.25) is 9.69 Å². The molecule has 10 nitrogen and oxygen atoms in total. The number of methoxy groups -OCH3 is 2. The molecule has 4 rings (SSSR count). The van der Waals surface area contributed by atoms with E-state index in [1.54, 1.807) is 44.6 Å². The number of hydrogen-bond acceptors (Lipinski definition) is 9. The number of hydrogen-bond donors (Lipinski definition) is 3. The summed E-state index contributed by atoms with van der Waals surface area (Å²) in [5.41, 5.74) is 1.80. The van der Waals surface area contributed by atoms with Gasteiger partial charge in [-0.2, -0.15) is 0 Å². The van der Waals surface area contributed by atoms with Crippen LogP contribution in [0.4, 0.5) is 28.7 Å². The normalized spacial score (nSPS) is 13.0. The molecule has 0 spiro atoms. The molecule has 2 heterocycles. The highest BCUT2D eigenvalue weighted by Crippen LogP contribution is 2.38. The predicted octanol–water partition coefficient (Wildman–Crippen LogP) is 5.23. The van der Waals surface area contributed by atoms with E-state index in [1.807, 2.05) is 6.07 Å². The number of likely N-dealkylation sites (tertiary alicyclic amines) is 1. The number of ether oxygens (including phenoxy) is 3. The summed E-state index contributed by atoms with van der Waals surface area (Å²) in [7, 11) is 3.13. The lowest BCUT2D eigenvalue weighted by atomic mass is 10.2. The Hall–Kier alpha value is -4.02. The second-order valence-corrected chi connectivity index (χ2v) is 8.93. The number of carbonyl (C=O) groups excluding carboxylic acids is 1. The van der Waals surface area contributed by atoms with Gasteiger partial charge in [0.05, 0.1) is 30.6 Å². The average Bonchev–Trinajstić information content (AvgIpc) is 3.43. The Bertz CT molecular complexity index is 1280. The zero-order valence-electron chi connectivity index (χ0n) is 21.4. The van der Waals surface area contributed by atoms with Crippen LogP contribution in [0.1, 0.15) is 12.8 Å². The van der Waals surface area contributed by atoms with Crippen molar-refractivity contribution in [3.05, 3.63) is 60.4 Å². The van der Waals surface area contributed by atoms with E-state index in [0.29, 0.717) is 51.9 Å². The van der Waals surface area contributed by atoms with Crippen LogP contribution in [0.25, 0.3) is 0 Å². The second kappa shape index (κ2) is 13.0. The standard InChI is InChI=1S/C27H31ClN6O4/c1-4-27(35)33-21-14-20(23(37-3)15-24(21)38-12-11-34-9-5-6-10-34)32-26-16-25(29-17-30-26)31-18-7-8-22(36-2)19(28)13-18/h4,7-8,13-17H,1,5-6,9-12H2,2-3H3,(H,33,35)(H2,29,30,31,32). The summed E-state index contributed by atoms with van der Waals surface area (Å²) in [6.45, 7) is 7.01. The van der Waals surface area contributed by atoms with E-state index in [-0.39, 0.29) is 5.91 Å². The average molecular weight is 539 g/mol. The molecule has 1 amide bonds. The van der Waals surface area contributed by atoms with E-state index in [1.165, 1.54) is 25.2 Å². The third-order valence-corrected chi connectivity index (χ3v) is 6.26. The Morgan fingerprint density at radius 3 is 2.42 bits per heavy atom. The molecule has 0 unspecified atom stereocenters. The van der Waals surface area contributed by atoms with Gasteiger partial charge in [0.25, 0.3) is 0 Å². The molecule has 0 saturated carbocycles. The zero-order valence-corrected chi connectivity index (χ0v) is 22.2. The van der Waals surface area contributed by atoms with Crippen molar-refractivity contribution >= 4 is 46.2 Å². The first-order valence-electron chi connectivity index (χ1n) is 12.2. The van der Waals surface area contributed by atoms with Crippen molar-refractivity contribution in [2.75, 3.05) is 56.4 Å². The minimum Gasteiger partial charge on any atom is -0.495 e. The van der Waals surface area contributed by atoms with E-state index in [2.05, 4.69) is 37.4 Å². The molecule has 0 atom stereocenters. The quantitative estimate of drug-likeness (QED) is 0.267. The number of anilines is 5. The van der Waals surface area contributed by atoms with Crippen LogP contribution >= 0.6 is 11.6 Å². The lowest BCUT2D eigenvalue weighted by Gasteiger charge is -2.19. The van der Waals surface area contributed by atoms with Crippen molar-refractivity contribution in [2.24, 2.45) is 0 Å². The van der Waals surface area contributed by atoms with Crippen molar-refractivity contribution in [1.29, 1.82) is 0 Å². The van der Waals surface area contributed by atoms with Crippen molar-refractivity contribution in [3.63, 3.8) is 0 Å². The van der Waals surface area contributed by atoms with Gasteiger partial charge in [0.15, 0.2) is 0 Å². The zero-order chi connectivity index (χ0) is 26.9. The highest BCUT2D eigenvalue weighted by molar-refractivity contribution is 6.32. The summed E-state index contributed by atoms with van der Waals surface area (Å²) in [5, 5.41) is 9.73. The van der Waals surface area contributed by atoms with Crippen LogP contribution in [-0.4, -0.2) is 61.2 Å². The molecule has 3 aromatic rings. The third-order valence-electron chi connectivity index (χ3n) is 5.96. The summed E-state index contributed by atoms with van der Waals surface area (Å²) >= 11 is 6.23. The van der Waals surface area contributed by atoms with Crippen LogP contribution in [0.3, 0.4) is 0 Å². The number of carbonyl (C=O) groups is 1. The molecular formula is C27H31ClN6O4. The highest BCUT2D eigenvalue weighted by atomic mass is 35.5. The summed E-state index contributed by atoms with van der Waals surface area (Å²) < 4.78 is 16.9. The third kappa shape index (κ3) is 7.05. The Morgan fingerprint density at radius 1 is 1.00 bits per heavy atom. The molecule has 38 heavy (non-hydrogen) atoms. The number of rotatable bonds is 12. The Balaban J connectivity index is 1.53. The molecule has 3 N–H and O–H groups in total. The summed E-state index contributed by atoms with van der Waals surface area (Å²) in [6.07, 6.45) is 5.06. The molecule has 200 valence electrons. The highest BCUT2D eigenvalue weighted by Gasteiger charge is 2.16. The topological polar surface area (TPSA) is 110 Å². The number of aromatic nitrogens is 2. The molecule has 2 aromatic carbocycles. The molecule has 1 aromatic heterocycles. The molecule has 0 aliphatic carbocycles. The molecular weight excluding hydrogens is 508 g/mol. The monoisotopic (exact) mass is 538 g/mol. The number of halogens is 1. The molecule has 11 heteroatoms. The fraction of sp³-hybridized carbons (Fsp3) is 0.296. The number of amides is 1. The summed E-state index contributed by atoms with van der Waals surface area (Å²) in [5.74, 6) is 2.30. The maximum Gasteiger partial charge on any atom is 0.247 e. The van der Waals surface area contributed by atoms with Crippen LogP contribution in [0, 0.1) is 0 Å². The molecule has 1 aliphatic rings. The Kier molecular flexibility index (Phi) is 9.23. The molecule has 0 bridgehead atoms. The van der Waals surface area contributed by atoms with Crippen LogP contribution in [0.2, 0.25) is 5.02 Å². The van der Waals surface area contributed by atoms with E-state index in [0.717, 1.165) is 25.3 Å². The first kappa shape index (κ1) is 27.0. The van der Waals surface area contributed by atoms with Crippen molar-refractivity contribution < 1.29 is 19.0 Å². The molecule has 1 saturated heterocycles. The van der Waals surface area contributed by atoms with Crippen molar-refractivity contribution in [2.45, 2.75) is 12.8 Å². The number of nitrogens with one attached hydrogen (secondary N) is 3. The Labute approximate surface area is 227 Å². The van der Waals surface area contributed by atoms with Gasteiger partial charge in [-0.05, 0) is 56.3 Å². The van der Waals surface area contributed by atoms with Gasteiger partial charge in [-0.1, -0.05) is 18.2 Å². The van der Waals surface area contributed by atoms with Gasteiger partial charge in [0.2, 0.25) is 5.91 Å². The van der Waals surface area contributed by atoms with Gasteiger partial charge >= 0.3 is 0 Å². The maximum atomic E-state index is 12.1. The minimum atomic E-state index is -0.350. The summed E-state index contributed by atoms with van der Waals surface area (Å²) in [4.78, 5) is 23.1. The van der Waals surface area contributed by atoms with Gasteiger partial charge in [0.1, 0.15) is 41.8 Å². The van der Waals surface area contributed by atoms with Crippen LogP contribution in [-0.2, 0) is 4.79 Å². The van der Waals surface area contributed by atoms with Gasteiger partial charge in [0, 0.05) is 24.4 Å². The molecule has 1 aliphatic heterocycles. The molecule has 0 radical (unpaired) electrons. The van der Waals surface area contributed by atoms with Crippen molar-refractivity contribution in [1.82, 2.24) is 14.9 Å². The Morgan fingerprint density at radius 2 is 1.74 bits per heavy atom. The van der Waals surface area contributed by atoms with Crippen LogP contribution < -0.4 is 30.2 Å². The smallest absolute Gasteiger partial charge is 0.247 e. The van der Waals surface area contributed by atoms with Crippen LogP contribution in [0.5, 0.6) is 17.2 Å². The lowest BCUT2D eigenvalue weighted by Crippen LogP contribution is -2.25. The van der Waals surface area contributed by atoms with E-state index >= 15 is 0 Å². The van der Waals surface area contributed by atoms with Gasteiger partial charge in [-0.25, -0.2) is 9.97 Å². The number of benzene rings is 2. The molecule has 1 fully saturated rings. The van der Waals surface area contributed by atoms with E-state index < -0.39 is 0 Å². The van der Waals surface area contributed by atoms with Crippen LogP contribution in [0.15, 0.2) is 55.4 Å². The first-order valence-corrected chi connectivity index (χ1v) is 12.6. The fourth-order valence-electron chi connectivity index (χ4n) is 4.04. The van der Waals surface area contributed by atoms with E-state index in [4.69, 9.17) is 25.8 Å². The van der Waals surface area contributed by atoms with E-state index in [9.17, 15) is 4.79 Å². The fourth-order valence-corrected chi connectivity index (χ4v) is 4.30. The largest absolute Gasteiger partial charge is 0.495 e. The minimum absolute atomic E-state index is 0.350. The number of nitrogens with zero attached hydrogens (tertiary/aromatic N) is 3. The SMILES string of the molecule is C=CC(=O)Nc1cc(Nc2cc(Nc3ccc(OC)c(Cl)c3)ncn2)c(OC)cc1OCCN1CCCC1. The first-order chi connectivity index (χ1) is 18.5. The predicted molar refractivity (Wildman–Crippen MR) is 150 cm³/mol. The van der Waals surface area contributed by atoms with Crippen molar-refractivity contribution in [3.8, 4) is 17.2 Å². The van der Waals surface area contributed by atoms with Gasteiger partial charge in [-0.15, -0.1) is 0 Å². The van der Waals surface area contributed by atoms with Gasteiger partial charge < -0.3 is 30.2 Å². The summed E-state index contributed by atoms with van der Waals surface area (Å²) in [6, 6.07) is 10.6. The second-order valence-electron chi connectivity index (χ2n) is 8.53. The lowest BCUT2D eigenvalue weighted by molar-refractivity contribution is -0.111.